The second kappa shape index (κ2) is 5.78. The van der Waals surface area contributed by atoms with Gasteiger partial charge in [0.2, 0.25) is 0 Å². The first-order valence-corrected chi connectivity index (χ1v) is 4.69. The van der Waals surface area contributed by atoms with Gasteiger partial charge in [-0.2, -0.15) is 0 Å². The summed E-state index contributed by atoms with van der Waals surface area (Å²) < 4.78 is 32.0. The molecular weight excluding hydrogens is 291 g/mol. The van der Waals surface area contributed by atoms with Gasteiger partial charge in [0.15, 0.2) is 0 Å². The molecule has 0 amide bonds. The molecule has 4 nitrogen and oxygen atoms in total. The van der Waals surface area contributed by atoms with Crippen molar-refractivity contribution in [2.24, 2.45) is 0 Å². The quantitative estimate of drug-likeness (QED) is 0.441. The molecule has 0 aliphatic carbocycles. The van der Waals surface area contributed by atoms with Crippen LogP contribution in [0.5, 0.6) is 0 Å². The molecule has 7 heteroatoms. The molecule has 0 aliphatic heterocycles. The molecule has 0 aliphatic rings. The van der Waals surface area contributed by atoms with Crippen molar-refractivity contribution in [1.29, 1.82) is 0 Å². The van der Waals surface area contributed by atoms with E-state index in [-0.39, 0.29) is 42.7 Å². The molecule has 0 aromatic heterocycles. The predicted octanol–water partition coefficient (Wildman–Crippen LogP) is -4.62. The van der Waals surface area contributed by atoms with Crippen molar-refractivity contribution in [2.75, 3.05) is 0 Å². The molecule has 0 rings (SSSR count). The Kier molecular flexibility index (Phi) is 13.1. The van der Waals surface area contributed by atoms with E-state index in [9.17, 15) is 0 Å². The van der Waals surface area contributed by atoms with Gasteiger partial charge >= 0.3 is 51.0 Å². The van der Waals surface area contributed by atoms with Crippen LogP contribution in [0.4, 0.5) is 0 Å². The summed E-state index contributed by atoms with van der Waals surface area (Å²) in [6.45, 7) is 0. The fraction of sp³-hybridized carbons (Fsp3) is 0. The van der Waals surface area contributed by atoms with Gasteiger partial charge in [-0.25, -0.2) is 0 Å². The van der Waals surface area contributed by atoms with Crippen LogP contribution in [-0.4, -0.2) is 25.9 Å². The fourth-order valence-electron chi connectivity index (χ4n) is 0. The Labute approximate surface area is 74.1 Å². The van der Waals surface area contributed by atoms with Crippen LogP contribution in [0.15, 0.2) is 0 Å². The van der Waals surface area contributed by atoms with E-state index in [2.05, 4.69) is 0 Å². The van der Waals surface area contributed by atoms with Crippen LogP contribution in [0, 0.1) is 0 Å². The summed E-state index contributed by atoms with van der Waals surface area (Å²) in [5.74, 6) is 0. The van der Waals surface area contributed by atoms with E-state index in [1.165, 1.54) is 0 Å². The van der Waals surface area contributed by atoms with Crippen molar-refractivity contribution in [2.45, 2.75) is 0 Å². The van der Waals surface area contributed by atoms with Crippen LogP contribution >= 0.6 is 0 Å². The molecule has 0 atom stereocenters. The van der Waals surface area contributed by atoms with Gasteiger partial charge in [0.25, 0.3) is 0 Å². The maximum absolute atomic E-state index is 8.85. The molecule has 0 unspecified atom stereocenters. The Bertz CT molecular complexity index is 99.2. The molecule has 0 bridgehead atoms. The smallest absolute Gasteiger partial charge is 1.00 e. The molecule has 39 valence electrons. The Morgan fingerprint density at radius 3 is 1.29 bits per heavy atom. The predicted molar refractivity (Wildman–Crippen MR) is 12.7 cm³/mol. The van der Waals surface area contributed by atoms with Gasteiger partial charge in [-0.1, -0.05) is 0 Å². The first kappa shape index (κ1) is 15.9. The Morgan fingerprint density at radius 2 is 1.29 bits per heavy atom. The second-order valence-corrected chi connectivity index (χ2v) is 3.00. The van der Waals surface area contributed by atoms with Crippen molar-refractivity contribution < 1.29 is 55.8 Å². The topological polar surface area (TPSA) is 74.6 Å². The fourth-order valence-corrected chi connectivity index (χ4v) is 0. The molecule has 7 heavy (non-hydrogen) atoms. The number of hydrogen-bond acceptors (Lipinski definition) is 2. The molecule has 0 heterocycles. The monoisotopic (exact) mass is 297 g/mol. The van der Waals surface area contributed by atoms with E-state index in [4.69, 9.17) is 13.2 Å². The van der Waals surface area contributed by atoms with Gasteiger partial charge < -0.3 is 1.43 Å². The number of rotatable bonds is 0. The van der Waals surface area contributed by atoms with Crippen molar-refractivity contribution in [3.05, 3.63) is 0 Å². The van der Waals surface area contributed by atoms with E-state index < -0.39 is 19.0 Å². The molecule has 0 aromatic carbocycles. The SMILES string of the molecule is O=[Te](=O)(O)O.[H-].[Li+].[Nb]. The zero-order valence-corrected chi connectivity index (χ0v) is 8.10. The van der Waals surface area contributed by atoms with Crippen LogP contribution in [0.1, 0.15) is 1.43 Å². The number of hydrogen-bond donors (Lipinski definition) is 2. The maximum atomic E-state index is 8.85. The third-order valence-corrected chi connectivity index (χ3v) is 0. The van der Waals surface area contributed by atoms with Crippen LogP contribution in [-0.2, 0) is 28.6 Å². The molecule has 1 radical (unpaired) electrons. The summed E-state index contributed by atoms with van der Waals surface area (Å²) in [4.78, 5) is 0. The minimum absolute atomic E-state index is 0. The Morgan fingerprint density at radius 1 is 1.29 bits per heavy atom. The van der Waals surface area contributed by atoms with Crippen LogP contribution < -0.4 is 18.9 Å². The van der Waals surface area contributed by atoms with E-state index in [1.54, 1.807) is 0 Å². The van der Waals surface area contributed by atoms with E-state index in [1.807, 2.05) is 0 Å². The van der Waals surface area contributed by atoms with Gasteiger partial charge in [0, 0.05) is 22.4 Å². The van der Waals surface area contributed by atoms with Crippen molar-refractivity contribution in [1.82, 2.24) is 0 Å². The third kappa shape index (κ3) is 89.9. The van der Waals surface area contributed by atoms with E-state index in [0.29, 0.717) is 0 Å². The van der Waals surface area contributed by atoms with E-state index >= 15 is 0 Å². The Hall–Kier alpha value is 1.65. The molecule has 0 saturated carbocycles. The molecular formula is H3LiNbO4Te. The normalized spacial score (nSPS) is 8.29. The maximum Gasteiger partial charge on any atom is 1.00 e. The third-order valence-electron chi connectivity index (χ3n) is 0. The zero-order chi connectivity index (χ0) is 4.50. The van der Waals surface area contributed by atoms with Gasteiger partial charge in [-0.05, 0) is 0 Å². The van der Waals surface area contributed by atoms with Crippen molar-refractivity contribution in [3.8, 4) is 0 Å². The Balaban J connectivity index is -0.0000000267. The average molecular weight is 294 g/mol. The summed E-state index contributed by atoms with van der Waals surface area (Å²) in [5.41, 5.74) is 0. The van der Waals surface area contributed by atoms with Gasteiger partial charge in [-0.15, -0.1) is 0 Å². The standard InChI is InChI=1S/Li.Nb.H2O4Te.H/c;;1-5(2,3)4;/h;;(H2,1,2,3,4);/q+1;;;-1. The molecule has 0 fully saturated rings. The largest absolute Gasteiger partial charge is 1.00 e. The van der Waals surface area contributed by atoms with Crippen molar-refractivity contribution >= 4 is 19.0 Å². The molecule has 2 N–H and O–H groups in total. The minimum atomic E-state index is -5.52. The van der Waals surface area contributed by atoms with Crippen molar-refractivity contribution in [3.63, 3.8) is 0 Å². The average Bonchev–Trinajstić information content (AvgIpc) is 0.722. The molecule has 0 spiro atoms. The van der Waals surface area contributed by atoms with Crippen LogP contribution in [0.3, 0.4) is 0 Å². The first-order chi connectivity index (χ1) is 2.00. The minimum Gasteiger partial charge on any atom is -1.00 e. The summed E-state index contributed by atoms with van der Waals surface area (Å²) in [5, 5.41) is 0. The second-order valence-electron chi connectivity index (χ2n) is 0.448. The van der Waals surface area contributed by atoms with Crippen LogP contribution in [0.25, 0.3) is 0 Å². The van der Waals surface area contributed by atoms with Gasteiger partial charge in [0.05, 0.1) is 0 Å². The molecule has 0 aromatic rings. The summed E-state index contributed by atoms with van der Waals surface area (Å²) in [6, 6.07) is 0. The van der Waals surface area contributed by atoms with Gasteiger partial charge in [0.1, 0.15) is 0 Å². The zero-order valence-electron chi connectivity index (χ0n) is 4.57. The van der Waals surface area contributed by atoms with Gasteiger partial charge in [-0.3, -0.25) is 0 Å². The molecule has 0 saturated heterocycles. The van der Waals surface area contributed by atoms with E-state index in [0.717, 1.165) is 0 Å². The van der Waals surface area contributed by atoms with Crippen LogP contribution in [0.2, 0.25) is 0 Å². The summed E-state index contributed by atoms with van der Waals surface area (Å²) in [6.07, 6.45) is 0. The first-order valence-electron chi connectivity index (χ1n) is 0.698. The summed E-state index contributed by atoms with van der Waals surface area (Å²) in [7, 11) is 0. The summed E-state index contributed by atoms with van der Waals surface area (Å²) >= 11 is -5.52.